The van der Waals surface area contributed by atoms with Crippen molar-refractivity contribution in [1.29, 1.82) is 0 Å². The van der Waals surface area contributed by atoms with Gasteiger partial charge in [-0.25, -0.2) is 0 Å². The van der Waals surface area contributed by atoms with Crippen molar-refractivity contribution in [3.8, 4) is 0 Å². The molecule has 1 aromatic carbocycles. The second-order valence-electron chi connectivity index (χ2n) is 5.23. The van der Waals surface area contributed by atoms with Crippen LogP contribution in [0.15, 0.2) is 28.7 Å². The third-order valence-corrected chi connectivity index (χ3v) is 4.46. The summed E-state index contributed by atoms with van der Waals surface area (Å²) in [5, 5.41) is 3.04. The van der Waals surface area contributed by atoms with Crippen molar-refractivity contribution in [3.05, 3.63) is 34.3 Å². The molecule has 1 fully saturated rings. The first-order chi connectivity index (χ1) is 9.20. The van der Waals surface area contributed by atoms with E-state index in [0.717, 1.165) is 29.3 Å². The molecule has 1 saturated carbocycles. The standard InChI is InChI=1S/C15H21BrN2O/c16-13-7-5-11(6-8-13)10-18-15(19)14-4-2-1-3-12(14)9-17/h5-8,12,14H,1-4,9-10,17H2,(H,18,19). The van der Waals surface area contributed by atoms with E-state index in [4.69, 9.17) is 5.73 Å². The zero-order chi connectivity index (χ0) is 13.7. The number of hydrogen-bond acceptors (Lipinski definition) is 2. The first-order valence-electron chi connectivity index (χ1n) is 6.93. The first kappa shape index (κ1) is 14.5. The van der Waals surface area contributed by atoms with Crippen molar-refractivity contribution in [2.45, 2.75) is 32.2 Å². The van der Waals surface area contributed by atoms with Crippen molar-refractivity contribution >= 4 is 21.8 Å². The van der Waals surface area contributed by atoms with Gasteiger partial charge in [0, 0.05) is 16.9 Å². The Morgan fingerprint density at radius 3 is 2.63 bits per heavy atom. The molecule has 1 aliphatic rings. The average molecular weight is 325 g/mol. The number of nitrogens with two attached hydrogens (primary N) is 1. The second kappa shape index (κ2) is 7.06. The Bertz CT molecular complexity index is 419. The molecule has 19 heavy (non-hydrogen) atoms. The Morgan fingerprint density at radius 2 is 1.95 bits per heavy atom. The van der Waals surface area contributed by atoms with Crippen LogP contribution in [0.4, 0.5) is 0 Å². The molecular weight excluding hydrogens is 304 g/mol. The molecule has 0 spiro atoms. The van der Waals surface area contributed by atoms with Crippen LogP contribution < -0.4 is 11.1 Å². The fourth-order valence-electron chi connectivity index (χ4n) is 2.76. The van der Waals surface area contributed by atoms with Gasteiger partial charge in [0.15, 0.2) is 0 Å². The molecule has 0 aromatic heterocycles. The van der Waals surface area contributed by atoms with Gasteiger partial charge in [-0.2, -0.15) is 0 Å². The Labute approximate surface area is 123 Å². The molecule has 0 heterocycles. The molecular formula is C15H21BrN2O. The number of halogens is 1. The summed E-state index contributed by atoms with van der Waals surface area (Å²) in [6, 6.07) is 8.02. The third kappa shape index (κ3) is 4.05. The Balaban J connectivity index is 1.87. The van der Waals surface area contributed by atoms with E-state index in [1.165, 1.54) is 6.42 Å². The van der Waals surface area contributed by atoms with Gasteiger partial charge in [-0.05, 0) is 43.0 Å². The molecule has 1 aromatic rings. The molecule has 3 nitrogen and oxygen atoms in total. The highest BCUT2D eigenvalue weighted by atomic mass is 79.9. The fourth-order valence-corrected chi connectivity index (χ4v) is 3.02. The largest absolute Gasteiger partial charge is 0.352 e. The molecule has 2 atom stereocenters. The van der Waals surface area contributed by atoms with Gasteiger partial charge in [-0.3, -0.25) is 4.79 Å². The first-order valence-corrected chi connectivity index (χ1v) is 7.72. The van der Waals surface area contributed by atoms with Crippen molar-refractivity contribution in [3.63, 3.8) is 0 Å². The number of nitrogens with one attached hydrogen (secondary N) is 1. The molecule has 1 amide bonds. The van der Waals surface area contributed by atoms with E-state index < -0.39 is 0 Å². The van der Waals surface area contributed by atoms with Gasteiger partial charge >= 0.3 is 0 Å². The van der Waals surface area contributed by atoms with Crippen molar-refractivity contribution in [2.75, 3.05) is 6.54 Å². The van der Waals surface area contributed by atoms with Gasteiger partial charge in [0.2, 0.25) is 5.91 Å². The highest BCUT2D eigenvalue weighted by Gasteiger charge is 2.29. The normalized spacial score (nSPS) is 23.1. The summed E-state index contributed by atoms with van der Waals surface area (Å²) in [7, 11) is 0. The number of carbonyl (C=O) groups excluding carboxylic acids is 1. The minimum Gasteiger partial charge on any atom is -0.352 e. The smallest absolute Gasteiger partial charge is 0.223 e. The molecule has 1 aliphatic carbocycles. The maximum Gasteiger partial charge on any atom is 0.223 e. The Morgan fingerprint density at radius 1 is 1.26 bits per heavy atom. The van der Waals surface area contributed by atoms with Crippen LogP contribution in [-0.4, -0.2) is 12.5 Å². The molecule has 0 aliphatic heterocycles. The molecule has 3 N–H and O–H groups in total. The van der Waals surface area contributed by atoms with Crippen LogP contribution in [0.5, 0.6) is 0 Å². The molecule has 2 unspecified atom stereocenters. The van der Waals surface area contributed by atoms with Gasteiger partial charge in [-0.1, -0.05) is 40.9 Å². The van der Waals surface area contributed by atoms with Crippen molar-refractivity contribution < 1.29 is 4.79 Å². The van der Waals surface area contributed by atoms with Crippen LogP contribution in [0, 0.1) is 11.8 Å². The van der Waals surface area contributed by atoms with Crippen molar-refractivity contribution in [1.82, 2.24) is 5.32 Å². The fraction of sp³-hybridized carbons (Fsp3) is 0.533. The molecule has 4 heteroatoms. The molecule has 0 radical (unpaired) electrons. The van der Waals surface area contributed by atoms with E-state index in [9.17, 15) is 4.79 Å². The van der Waals surface area contributed by atoms with Crippen LogP contribution in [0.3, 0.4) is 0 Å². The summed E-state index contributed by atoms with van der Waals surface area (Å²) >= 11 is 3.40. The lowest BCUT2D eigenvalue weighted by molar-refractivity contribution is -0.127. The second-order valence-corrected chi connectivity index (χ2v) is 6.15. The monoisotopic (exact) mass is 324 g/mol. The van der Waals surface area contributed by atoms with E-state index in [2.05, 4.69) is 21.2 Å². The predicted molar refractivity (Wildman–Crippen MR) is 80.5 cm³/mol. The Hall–Kier alpha value is -0.870. The topological polar surface area (TPSA) is 55.1 Å². The van der Waals surface area contributed by atoms with Crippen LogP contribution in [0.1, 0.15) is 31.2 Å². The highest BCUT2D eigenvalue weighted by Crippen LogP contribution is 2.29. The van der Waals surface area contributed by atoms with E-state index in [0.29, 0.717) is 19.0 Å². The SMILES string of the molecule is NCC1CCCCC1C(=O)NCc1ccc(Br)cc1. The maximum absolute atomic E-state index is 12.2. The lowest BCUT2D eigenvalue weighted by Crippen LogP contribution is -2.39. The summed E-state index contributed by atoms with van der Waals surface area (Å²) in [6.07, 6.45) is 4.42. The van der Waals surface area contributed by atoms with Crippen LogP contribution in [-0.2, 0) is 11.3 Å². The number of amides is 1. The summed E-state index contributed by atoms with van der Waals surface area (Å²) in [5.41, 5.74) is 6.89. The Kier molecular flexibility index (Phi) is 5.40. The van der Waals surface area contributed by atoms with Crippen LogP contribution >= 0.6 is 15.9 Å². The molecule has 104 valence electrons. The maximum atomic E-state index is 12.2. The minimum atomic E-state index is 0.106. The van der Waals surface area contributed by atoms with Crippen LogP contribution in [0.25, 0.3) is 0 Å². The van der Waals surface area contributed by atoms with Gasteiger partial charge < -0.3 is 11.1 Å². The summed E-state index contributed by atoms with van der Waals surface area (Å²) in [4.78, 5) is 12.2. The van der Waals surface area contributed by atoms with Crippen molar-refractivity contribution in [2.24, 2.45) is 17.6 Å². The number of hydrogen-bond donors (Lipinski definition) is 2. The molecule has 0 saturated heterocycles. The zero-order valence-electron chi connectivity index (χ0n) is 11.1. The van der Waals surface area contributed by atoms with Gasteiger partial charge in [-0.15, -0.1) is 0 Å². The minimum absolute atomic E-state index is 0.106. The lowest BCUT2D eigenvalue weighted by Gasteiger charge is -2.29. The average Bonchev–Trinajstić information content (AvgIpc) is 2.46. The quantitative estimate of drug-likeness (QED) is 0.894. The van der Waals surface area contributed by atoms with E-state index in [1.807, 2.05) is 24.3 Å². The highest BCUT2D eigenvalue weighted by molar-refractivity contribution is 9.10. The van der Waals surface area contributed by atoms with Gasteiger partial charge in [0.1, 0.15) is 0 Å². The summed E-state index contributed by atoms with van der Waals surface area (Å²) in [6.45, 7) is 1.22. The van der Waals surface area contributed by atoms with E-state index in [-0.39, 0.29) is 11.8 Å². The predicted octanol–water partition coefficient (Wildman–Crippen LogP) is 2.83. The summed E-state index contributed by atoms with van der Waals surface area (Å²) < 4.78 is 1.05. The molecule has 0 bridgehead atoms. The van der Waals surface area contributed by atoms with Gasteiger partial charge in [0.05, 0.1) is 0 Å². The number of carbonyl (C=O) groups is 1. The van der Waals surface area contributed by atoms with Gasteiger partial charge in [0.25, 0.3) is 0 Å². The van der Waals surface area contributed by atoms with E-state index >= 15 is 0 Å². The van der Waals surface area contributed by atoms with Crippen LogP contribution in [0.2, 0.25) is 0 Å². The number of benzene rings is 1. The van der Waals surface area contributed by atoms with E-state index in [1.54, 1.807) is 0 Å². The molecule has 2 rings (SSSR count). The third-order valence-electron chi connectivity index (χ3n) is 3.93. The number of rotatable bonds is 4. The summed E-state index contributed by atoms with van der Waals surface area (Å²) in [5.74, 6) is 0.630. The lowest BCUT2D eigenvalue weighted by atomic mass is 9.79. The zero-order valence-corrected chi connectivity index (χ0v) is 12.7.